The lowest BCUT2D eigenvalue weighted by Gasteiger charge is -2.18. The number of carbonyl (C=O) groups excluding carboxylic acids is 1. The molecule has 1 N–H and O–H groups in total. The minimum Gasteiger partial charge on any atom is -0.351 e. The maximum atomic E-state index is 12.7. The first-order chi connectivity index (χ1) is 13.0. The second-order valence-corrected chi connectivity index (χ2v) is 9.17. The van der Waals surface area contributed by atoms with Gasteiger partial charge in [0.05, 0.1) is 16.3 Å². The average molecular weight is 388 g/mol. The smallest absolute Gasteiger partial charge is 0.272 e. The lowest BCUT2D eigenvalue weighted by Crippen LogP contribution is -2.29. The van der Waals surface area contributed by atoms with E-state index in [0.29, 0.717) is 28.3 Å². The zero-order chi connectivity index (χ0) is 19.0. The number of hydrogen-bond donors (Lipinski definition) is 1. The molecule has 27 heavy (non-hydrogen) atoms. The Bertz CT molecular complexity index is 975. The first-order valence-electron chi connectivity index (χ1n) is 9.36. The summed E-state index contributed by atoms with van der Waals surface area (Å²) in [6, 6.07) is 6.89. The van der Waals surface area contributed by atoms with E-state index >= 15 is 0 Å². The molecule has 2 aliphatic heterocycles. The Morgan fingerprint density at radius 2 is 1.96 bits per heavy atom. The number of aromatic nitrogens is 2. The van der Waals surface area contributed by atoms with Gasteiger partial charge in [0.15, 0.2) is 15.5 Å². The molecule has 1 saturated heterocycles. The first kappa shape index (κ1) is 18.2. The van der Waals surface area contributed by atoms with Crippen LogP contribution in [0, 0.1) is 0 Å². The van der Waals surface area contributed by atoms with Crippen molar-refractivity contribution in [2.75, 3.05) is 26.2 Å². The number of benzene rings is 1. The van der Waals surface area contributed by atoms with Gasteiger partial charge in [0.1, 0.15) is 0 Å². The number of carbonyl (C=O) groups is 1. The van der Waals surface area contributed by atoms with E-state index < -0.39 is 9.84 Å². The van der Waals surface area contributed by atoms with Crippen LogP contribution in [0.25, 0.3) is 11.3 Å². The van der Waals surface area contributed by atoms with Gasteiger partial charge >= 0.3 is 0 Å². The average Bonchev–Trinajstić information content (AvgIpc) is 3.26. The molecule has 0 bridgehead atoms. The van der Waals surface area contributed by atoms with Crippen LogP contribution < -0.4 is 5.32 Å². The number of rotatable bonds is 5. The highest BCUT2D eigenvalue weighted by atomic mass is 32.2. The fourth-order valence-corrected chi connectivity index (χ4v) is 5.61. The van der Waals surface area contributed by atoms with E-state index in [1.807, 2.05) is 0 Å². The molecule has 1 aromatic heterocycles. The number of hydrogen-bond acceptors (Lipinski definition) is 5. The van der Waals surface area contributed by atoms with E-state index in [2.05, 4.69) is 15.3 Å². The highest BCUT2D eigenvalue weighted by Crippen LogP contribution is 2.38. The topological polar surface area (TPSA) is 84.3 Å². The zero-order valence-electron chi connectivity index (χ0n) is 15.4. The molecule has 0 spiro atoms. The second-order valence-electron chi connectivity index (χ2n) is 7.21. The molecule has 0 unspecified atom stereocenters. The Labute approximate surface area is 159 Å². The Kier molecular flexibility index (Phi) is 4.77. The van der Waals surface area contributed by atoms with Gasteiger partial charge in [0, 0.05) is 24.7 Å². The van der Waals surface area contributed by atoms with Gasteiger partial charge in [-0.15, -0.1) is 0 Å². The van der Waals surface area contributed by atoms with E-state index in [9.17, 15) is 13.2 Å². The van der Waals surface area contributed by atoms with E-state index in [1.165, 1.54) is 12.8 Å². The summed E-state index contributed by atoms with van der Waals surface area (Å²) in [5, 5.41) is 7.24. The van der Waals surface area contributed by atoms with Crippen LogP contribution in [0.2, 0.25) is 0 Å². The number of nitrogens with one attached hydrogen (secondary N) is 1. The van der Waals surface area contributed by atoms with Crippen molar-refractivity contribution in [2.24, 2.45) is 7.05 Å². The van der Waals surface area contributed by atoms with Crippen LogP contribution >= 0.6 is 0 Å². The zero-order valence-corrected chi connectivity index (χ0v) is 16.3. The van der Waals surface area contributed by atoms with Crippen molar-refractivity contribution >= 4 is 15.7 Å². The fourth-order valence-electron chi connectivity index (χ4n) is 4.02. The molecule has 144 valence electrons. The van der Waals surface area contributed by atoms with Crippen LogP contribution in [0.4, 0.5) is 0 Å². The second kappa shape index (κ2) is 7.09. The third-order valence-corrected chi connectivity index (χ3v) is 7.00. The van der Waals surface area contributed by atoms with Crippen molar-refractivity contribution in [3.63, 3.8) is 0 Å². The van der Waals surface area contributed by atoms with Crippen molar-refractivity contribution in [3.8, 4) is 11.3 Å². The number of fused-ring (bicyclic) bond motifs is 3. The lowest BCUT2D eigenvalue weighted by molar-refractivity contribution is 0.0945. The van der Waals surface area contributed by atoms with Gasteiger partial charge in [0.2, 0.25) is 0 Å². The molecule has 4 rings (SSSR count). The largest absolute Gasteiger partial charge is 0.351 e. The Morgan fingerprint density at radius 3 is 2.74 bits per heavy atom. The number of likely N-dealkylation sites (tertiary alicyclic amines) is 1. The number of sulfone groups is 1. The van der Waals surface area contributed by atoms with Crippen LogP contribution in [0.3, 0.4) is 0 Å². The van der Waals surface area contributed by atoms with Gasteiger partial charge in [-0.25, -0.2) is 8.42 Å². The molecule has 0 saturated carbocycles. The van der Waals surface area contributed by atoms with E-state index in [0.717, 1.165) is 26.1 Å². The predicted molar refractivity (Wildman–Crippen MR) is 102 cm³/mol. The van der Waals surface area contributed by atoms with Gasteiger partial charge in [-0.3, -0.25) is 9.48 Å². The Balaban J connectivity index is 1.53. The number of aryl methyl sites for hydroxylation is 1. The normalized spacial score (nSPS) is 18.1. The van der Waals surface area contributed by atoms with Crippen LogP contribution in [0.15, 0.2) is 29.2 Å². The predicted octanol–water partition coefficient (Wildman–Crippen LogP) is 1.59. The molecule has 1 amide bonds. The summed E-state index contributed by atoms with van der Waals surface area (Å²) in [6.45, 7) is 3.81. The van der Waals surface area contributed by atoms with Crippen molar-refractivity contribution < 1.29 is 13.2 Å². The summed E-state index contributed by atoms with van der Waals surface area (Å²) in [5.74, 6) is -0.494. The summed E-state index contributed by atoms with van der Waals surface area (Å²) in [5.41, 5.74) is 2.03. The molecule has 2 aliphatic rings. The van der Waals surface area contributed by atoms with Crippen LogP contribution in [0.1, 0.15) is 35.3 Å². The summed E-state index contributed by atoms with van der Waals surface area (Å²) in [7, 11) is -1.73. The van der Waals surface area contributed by atoms with Crippen LogP contribution in [-0.2, 0) is 22.6 Å². The lowest BCUT2D eigenvalue weighted by atomic mass is 10.1. The molecule has 0 radical (unpaired) electrons. The van der Waals surface area contributed by atoms with Crippen LogP contribution in [-0.4, -0.2) is 55.2 Å². The molecule has 1 fully saturated rings. The minimum absolute atomic E-state index is 0.191. The third-order valence-electron chi connectivity index (χ3n) is 5.31. The first-order valence-corrected chi connectivity index (χ1v) is 11.0. The summed E-state index contributed by atoms with van der Waals surface area (Å²) < 4.78 is 26.9. The van der Waals surface area contributed by atoms with Gasteiger partial charge < -0.3 is 10.2 Å². The Hall–Kier alpha value is -2.19. The highest BCUT2D eigenvalue weighted by molar-refractivity contribution is 7.90. The molecule has 3 heterocycles. The number of amides is 1. The van der Waals surface area contributed by atoms with E-state index in [1.54, 1.807) is 36.0 Å². The van der Waals surface area contributed by atoms with Gasteiger partial charge in [-0.1, -0.05) is 18.2 Å². The Morgan fingerprint density at radius 1 is 1.22 bits per heavy atom. The fraction of sp³-hybridized carbons (Fsp3) is 0.474. The monoisotopic (exact) mass is 388 g/mol. The quantitative estimate of drug-likeness (QED) is 0.787. The summed E-state index contributed by atoms with van der Waals surface area (Å²) in [6.07, 6.45) is 3.38. The highest BCUT2D eigenvalue weighted by Gasteiger charge is 2.34. The third kappa shape index (κ3) is 3.39. The maximum Gasteiger partial charge on any atom is 0.272 e. The maximum absolute atomic E-state index is 12.7. The standard InChI is InChI=1S/C19H24N4O3S/c1-22-18-14-7-2-3-8-16(14)27(25,26)13-15(18)17(21-22)19(24)20-9-6-12-23-10-4-5-11-23/h2-3,7-8H,4-6,9-13H2,1H3,(H,20,24). The molecule has 1 aromatic carbocycles. The van der Waals surface area contributed by atoms with Gasteiger partial charge in [-0.05, 0) is 45.0 Å². The molecular formula is C19H24N4O3S. The molecular weight excluding hydrogens is 364 g/mol. The van der Waals surface area contributed by atoms with Crippen molar-refractivity contribution in [3.05, 3.63) is 35.5 Å². The summed E-state index contributed by atoms with van der Waals surface area (Å²) in [4.78, 5) is 15.4. The van der Waals surface area contributed by atoms with Gasteiger partial charge in [0.25, 0.3) is 5.91 Å². The SMILES string of the molecule is Cn1nc(C(=O)NCCCN2CCCC2)c2c1-c1ccccc1S(=O)(=O)C2. The summed E-state index contributed by atoms with van der Waals surface area (Å²) >= 11 is 0. The van der Waals surface area contributed by atoms with E-state index in [-0.39, 0.29) is 17.4 Å². The van der Waals surface area contributed by atoms with E-state index in [4.69, 9.17) is 0 Å². The molecule has 2 aromatic rings. The molecule has 0 atom stereocenters. The van der Waals surface area contributed by atoms with Crippen LogP contribution in [0.5, 0.6) is 0 Å². The van der Waals surface area contributed by atoms with Crippen molar-refractivity contribution in [2.45, 2.75) is 29.9 Å². The number of nitrogens with zero attached hydrogens (tertiary/aromatic N) is 3. The minimum atomic E-state index is -3.47. The molecule has 8 heteroatoms. The van der Waals surface area contributed by atoms with Crippen molar-refractivity contribution in [1.82, 2.24) is 20.0 Å². The van der Waals surface area contributed by atoms with Gasteiger partial charge in [-0.2, -0.15) is 5.10 Å². The van der Waals surface area contributed by atoms with Crippen molar-refractivity contribution in [1.29, 1.82) is 0 Å². The molecule has 0 aliphatic carbocycles. The molecule has 7 nitrogen and oxygen atoms in total.